The predicted molar refractivity (Wildman–Crippen MR) is 65.2 cm³/mol. The molecule has 1 amide bonds. The highest BCUT2D eigenvalue weighted by molar-refractivity contribution is 6.30. The van der Waals surface area contributed by atoms with Gasteiger partial charge in [-0.3, -0.25) is 9.59 Å². The molecule has 0 saturated carbocycles. The monoisotopic (exact) mass is 273 g/mol. The number of benzene rings is 1. The fraction of sp³-hybridized carbons (Fsp3) is 0.333. The number of carboxylic acid groups (broad SMARTS) is 1. The lowest BCUT2D eigenvalue weighted by molar-refractivity contribution is -0.137. The molecule has 0 aliphatic rings. The Balaban J connectivity index is 2.55. The molecule has 4 nitrogen and oxygen atoms in total. The van der Waals surface area contributed by atoms with E-state index in [1.54, 1.807) is 6.92 Å². The van der Waals surface area contributed by atoms with Gasteiger partial charge >= 0.3 is 5.97 Å². The Labute approximate surface area is 109 Å². The second kappa shape index (κ2) is 6.35. The zero-order chi connectivity index (χ0) is 13.7. The molecule has 0 aliphatic heterocycles. The molecule has 0 fully saturated rings. The van der Waals surface area contributed by atoms with Crippen molar-refractivity contribution in [1.29, 1.82) is 0 Å². The van der Waals surface area contributed by atoms with Gasteiger partial charge in [0.15, 0.2) is 0 Å². The van der Waals surface area contributed by atoms with E-state index < -0.39 is 17.7 Å². The molecule has 1 aromatic carbocycles. The number of carbonyl (C=O) groups is 2. The second-order valence-corrected chi connectivity index (χ2v) is 4.45. The first-order valence-corrected chi connectivity index (χ1v) is 5.73. The minimum absolute atomic E-state index is 0.0325. The van der Waals surface area contributed by atoms with Gasteiger partial charge < -0.3 is 10.4 Å². The summed E-state index contributed by atoms with van der Waals surface area (Å²) in [4.78, 5) is 22.1. The number of carboxylic acids is 1. The molecule has 98 valence electrons. The highest BCUT2D eigenvalue weighted by atomic mass is 35.5. The lowest BCUT2D eigenvalue weighted by Gasteiger charge is -2.10. The predicted octanol–water partition coefficient (Wildman–Crippen LogP) is 2.32. The van der Waals surface area contributed by atoms with Crippen molar-refractivity contribution in [2.75, 3.05) is 6.54 Å². The molecule has 0 aliphatic carbocycles. The van der Waals surface area contributed by atoms with Gasteiger partial charge in [0.25, 0.3) is 5.91 Å². The highest BCUT2D eigenvalue weighted by Gasteiger charge is 2.12. The van der Waals surface area contributed by atoms with Crippen LogP contribution in [0.1, 0.15) is 23.7 Å². The molecular formula is C12H13ClFNO3. The fourth-order valence-corrected chi connectivity index (χ4v) is 1.49. The minimum Gasteiger partial charge on any atom is -0.481 e. The third kappa shape index (κ3) is 4.33. The summed E-state index contributed by atoms with van der Waals surface area (Å²) in [5, 5.41) is 11.0. The average molecular weight is 274 g/mol. The molecule has 1 unspecified atom stereocenters. The van der Waals surface area contributed by atoms with E-state index in [0.29, 0.717) is 0 Å². The molecule has 1 rings (SSSR count). The lowest BCUT2D eigenvalue weighted by atomic mass is 10.1. The van der Waals surface area contributed by atoms with Crippen molar-refractivity contribution in [3.05, 3.63) is 34.6 Å². The number of nitrogens with one attached hydrogen (secondary N) is 1. The standard InChI is InChI=1S/C12H13ClFNO3/c1-7(4-11(16)17)6-15-12(18)8-2-3-9(13)10(14)5-8/h2-3,5,7H,4,6H2,1H3,(H,15,18)(H,16,17). The molecule has 0 radical (unpaired) electrons. The number of aliphatic carboxylic acids is 1. The quantitative estimate of drug-likeness (QED) is 0.865. The van der Waals surface area contributed by atoms with Gasteiger partial charge in [0.05, 0.1) is 5.02 Å². The molecule has 0 heterocycles. The summed E-state index contributed by atoms with van der Waals surface area (Å²) < 4.78 is 13.1. The summed E-state index contributed by atoms with van der Waals surface area (Å²) >= 11 is 5.50. The van der Waals surface area contributed by atoms with Crippen LogP contribution in [0, 0.1) is 11.7 Å². The maximum Gasteiger partial charge on any atom is 0.303 e. The highest BCUT2D eigenvalue weighted by Crippen LogP contribution is 2.15. The van der Waals surface area contributed by atoms with E-state index in [9.17, 15) is 14.0 Å². The molecule has 2 N–H and O–H groups in total. The third-order valence-corrected chi connectivity index (χ3v) is 2.62. The smallest absolute Gasteiger partial charge is 0.303 e. The van der Waals surface area contributed by atoms with Gasteiger partial charge in [-0.2, -0.15) is 0 Å². The van der Waals surface area contributed by atoms with E-state index in [2.05, 4.69) is 5.32 Å². The van der Waals surface area contributed by atoms with Crippen molar-refractivity contribution in [2.45, 2.75) is 13.3 Å². The average Bonchev–Trinajstić information content (AvgIpc) is 2.28. The maximum atomic E-state index is 13.1. The Kier molecular flexibility index (Phi) is 5.09. The number of amides is 1. The van der Waals surface area contributed by atoms with Crippen LogP contribution >= 0.6 is 11.6 Å². The Morgan fingerprint density at radius 1 is 1.50 bits per heavy atom. The molecule has 0 aromatic heterocycles. The van der Waals surface area contributed by atoms with Crippen LogP contribution < -0.4 is 5.32 Å². The molecular weight excluding hydrogens is 261 g/mol. The minimum atomic E-state index is -0.922. The van der Waals surface area contributed by atoms with E-state index in [1.165, 1.54) is 12.1 Å². The number of halogens is 2. The second-order valence-electron chi connectivity index (χ2n) is 4.04. The van der Waals surface area contributed by atoms with Crippen molar-refractivity contribution in [3.63, 3.8) is 0 Å². The SMILES string of the molecule is CC(CNC(=O)c1ccc(Cl)c(F)c1)CC(=O)O. The maximum absolute atomic E-state index is 13.1. The van der Waals surface area contributed by atoms with Crippen LogP contribution in [0.5, 0.6) is 0 Å². The summed E-state index contributed by atoms with van der Waals surface area (Å²) in [6, 6.07) is 3.74. The van der Waals surface area contributed by atoms with Gasteiger partial charge in [-0.1, -0.05) is 18.5 Å². The summed E-state index contributed by atoms with van der Waals surface area (Å²) in [5.74, 6) is -2.23. The van der Waals surface area contributed by atoms with Crippen molar-refractivity contribution < 1.29 is 19.1 Å². The van der Waals surface area contributed by atoms with E-state index in [0.717, 1.165) is 6.07 Å². The Bertz CT molecular complexity index is 465. The first kappa shape index (κ1) is 14.4. The van der Waals surface area contributed by atoms with Crippen molar-refractivity contribution >= 4 is 23.5 Å². The molecule has 1 aromatic rings. The first-order valence-electron chi connectivity index (χ1n) is 5.35. The lowest BCUT2D eigenvalue weighted by Crippen LogP contribution is -2.29. The molecule has 0 saturated heterocycles. The molecule has 0 bridgehead atoms. The van der Waals surface area contributed by atoms with Gasteiger partial charge in [0.1, 0.15) is 5.82 Å². The molecule has 6 heteroatoms. The Morgan fingerprint density at radius 2 is 2.17 bits per heavy atom. The van der Waals surface area contributed by atoms with Crippen LogP contribution in [0.15, 0.2) is 18.2 Å². The molecule has 0 spiro atoms. The fourth-order valence-electron chi connectivity index (χ4n) is 1.38. The van der Waals surface area contributed by atoms with Crippen molar-refractivity contribution in [2.24, 2.45) is 5.92 Å². The Morgan fingerprint density at radius 3 is 2.72 bits per heavy atom. The number of rotatable bonds is 5. The topological polar surface area (TPSA) is 66.4 Å². The zero-order valence-electron chi connectivity index (χ0n) is 9.74. The number of hydrogen-bond acceptors (Lipinski definition) is 2. The van der Waals surface area contributed by atoms with Crippen molar-refractivity contribution in [1.82, 2.24) is 5.32 Å². The van der Waals surface area contributed by atoms with Crippen molar-refractivity contribution in [3.8, 4) is 0 Å². The third-order valence-electron chi connectivity index (χ3n) is 2.32. The van der Waals surface area contributed by atoms with Gasteiger partial charge in [-0.15, -0.1) is 0 Å². The number of hydrogen-bond donors (Lipinski definition) is 2. The van der Waals surface area contributed by atoms with E-state index in [-0.39, 0.29) is 29.5 Å². The zero-order valence-corrected chi connectivity index (χ0v) is 10.5. The molecule has 18 heavy (non-hydrogen) atoms. The van der Waals surface area contributed by atoms with E-state index in [4.69, 9.17) is 16.7 Å². The van der Waals surface area contributed by atoms with Crippen LogP contribution in [-0.2, 0) is 4.79 Å². The van der Waals surface area contributed by atoms with Crippen LogP contribution in [0.4, 0.5) is 4.39 Å². The van der Waals surface area contributed by atoms with E-state index in [1.807, 2.05) is 0 Å². The van der Waals surface area contributed by atoms with Gasteiger partial charge in [0, 0.05) is 18.5 Å². The Hall–Kier alpha value is -1.62. The largest absolute Gasteiger partial charge is 0.481 e. The van der Waals surface area contributed by atoms with Crippen LogP contribution in [-0.4, -0.2) is 23.5 Å². The van der Waals surface area contributed by atoms with Crippen LogP contribution in [0.2, 0.25) is 5.02 Å². The van der Waals surface area contributed by atoms with Gasteiger partial charge in [-0.25, -0.2) is 4.39 Å². The summed E-state index contributed by atoms with van der Waals surface area (Å²) in [5.41, 5.74) is 0.152. The van der Waals surface area contributed by atoms with Crippen LogP contribution in [0.25, 0.3) is 0 Å². The summed E-state index contributed by atoms with van der Waals surface area (Å²) in [6.07, 6.45) is -0.0325. The first-order chi connectivity index (χ1) is 8.40. The van der Waals surface area contributed by atoms with E-state index >= 15 is 0 Å². The molecule has 1 atom stereocenters. The summed E-state index contributed by atoms with van der Waals surface area (Å²) in [6.45, 7) is 1.92. The van der Waals surface area contributed by atoms with Gasteiger partial charge in [-0.05, 0) is 24.1 Å². The normalized spacial score (nSPS) is 11.9. The number of carbonyl (C=O) groups excluding carboxylic acids is 1. The van der Waals surface area contributed by atoms with Gasteiger partial charge in [0.2, 0.25) is 0 Å². The van der Waals surface area contributed by atoms with Crippen LogP contribution in [0.3, 0.4) is 0 Å². The summed E-state index contributed by atoms with van der Waals surface area (Å²) in [7, 11) is 0.